The predicted molar refractivity (Wildman–Crippen MR) is 114 cm³/mol. The van der Waals surface area contributed by atoms with E-state index in [9.17, 15) is 22.4 Å². The van der Waals surface area contributed by atoms with E-state index in [1.54, 1.807) is 35.6 Å². The maximum Gasteiger partial charge on any atom is 0.490 e. The summed E-state index contributed by atoms with van der Waals surface area (Å²) < 4.78 is 44.9. The maximum atomic E-state index is 13.1. The molecule has 0 unspecified atom stereocenters. The number of amides is 1. The zero-order chi connectivity index (χ0) is 23.7. The van der Waals surface area contributed by atoms with E-state index in [0.717, 1.165) is 35.5 Å². The maximum absolute atomic E-state index is 13.1. The molecule has 0 saturated heterocycles. The zero-order valence-electron chi connectivity index (χ0n) is 16.7. The van der Waals surface area contributed by atoms with Gasteiger partial charge in [0.15, 0.2) is 0 Å². The normalized spacial score (nSPS) is 10.9. The predicted octanol–water partition coefficient (Wildman–Crippen LogP) is 4.62. The third-order valence-corrected chi connectivity index (χ3v) is 5.27. The van der Waals surface area contributed by atoms with Gasteiger partial charge in [-0.15, -0.1) is 11.3 Å². The first-order valence-corrected chi connectivity index (χ1v) is 10.1. The second kappa shape index (κ2) is 11.4. The summed E-state index contributed by atoms with van der Waals surface area (Å²) in [5, 5.41) is 10.5. The van der Waals surface area contributed by atoms with Gasteiger partial charge in [0, 0.05) is 21.9 Å². The summed E-state index contributed by atoms with van der Waals surface area (Å²) in [5.41, 5.74) is 7.84. The summed E-state index contributed by atoms with van der Waals surface area (Å²) in [6.45, 7) is 1.57. The topological polar surface area (TPSA) is 92.4 Å². The highest BCUT2D eigenvalue weighted by molar-refractivity contribution is 7.15. The molecule has 2 aromatic carbocycles. The minimum Gasteiger partial charge on any atom is -0.475 e. The van der Waals surface area contributed by atoms with E-state index in [0.29, 0.717) is 5.56 Å². The van der Waals surface area contributed by atoms with Gasteiger partial charge in [0.2, 0.25) is 5.91 Å². The number of nitrogens with two attached hydrogens (primary N) is 1. The Balaban J connectivity index is 0.000000451. The first-order valence-electron chi connectivity index (χ1n) is 9.30. The van der Waals surface area contributed by atoms with Crippen LogP contribution in [0.4, 0.5) is 17.6 Å². The number of rotatable bonds is 7. The summed E-state index contributed by atoms with van der Waals surface area (Å²) in [6.07, 6.45) is -4.29. The molecule has 0 radical (unpaired) electrons. The summed E-state index contributed by atoms with van der Waals surface area (Å²) in [5.74, 6) is -3.36. The number of thiophene rings is 1. The summed E-state index contributed by atoms with van der Waals surface area (Å²) >= 11 is 1.71. The fraction of sp³-hybridized carbons (Fsp3) is 0.182. The quantitative estimate of drug-likeness (QED) is 0.349. The van der Waals surface area contributed by atoms with Gasteiger partial charge in [0.1, 0.15) is 5.82 Å². The molecule has 1 aromatic heterocycles. The Morgan fingerprint density at radius 1 is 1.03 bits per heavy atom. The molecule has 0 atom stereocenters. The second-order valence-electron chi connectivity index (χ2n) is 6.57. The van der Waals surface area contributed by atoms with Gasteiger partial charge in [0.25, 0.3) is 0 Å². The van der Waals surface area contributed by atoms with Gasteiger partial charge in [-0.2, -0.15) is 13.2 Å². The van der Waals surface area contributed by atoms with Crippen LogP contribution < -0.4 is 11.1 Å². The highest BCUT2D eigenvalue weighted by Gasteiger charge is 2.38. The smallest absolute Gasteiger partial charge is 0.475 e. The standard InChI is InChI=1S/C20H19FN2OS.C2HF3O2/c21-17-3-1-2-14(12-17)10-11-23-13-18-8-9-19(25-18)15-4-6-16(7-5-15)20(22)24;3-2(4,5)1(6)7/h1-9,12,23H,10-11,13H2,(H2,22,24);(H,6,7). The van der Waals surface area contributed by atoms with Crippen molar-refractivity contribution in [2.24, 2.45) is 5.73 Å². The third kappa shape index (κ3) is 8.12. The van der Waals surface area contributed by atoms with E-state index in [2.05, 4.69) is 17.4 Å². The van der Waals surface area contributed by atoms with Crippen LogP contribution in [-0.4, -0.2) is 29.7 Å². The molecule has 0 aliphatic heterocycles. The molecule has 0 bridgehead atoms. The zero-order valence-corrected chi connectivity index (χ0v) is 17.5. The number of alkyl halides is 3. The number of benzene rings is 2. The first-order chi connectivity index (χ1) is 15.1. The lowest BCUT2D eigenvalue weighted by Crippen LogP contribution is -2.21. The van der Waals surface area contributed by atoms with Crippen molar-refractivity contribution >= 4 is 23.2 Å². The number of carbonyl (C=O) groups excluding carboxylic acids is 1. The molecule has 0 spiro atoms. The SMILES string of the molecule is NC(=O)c1ccc(-c2ccc(CNCCc3cccc(F)c3)s2)cc1.O=C(O)C(F)(F)F. The van der Waals surface area contributed by atoms with Crippen LogP contribution in [0.1, 0.15) is 20.8 Å². The van der Waals surface area contributed by atoms with Gasteiger partial charge in [-0.1, -0.05) is 24.3 Å². The fourth-order valence-electron chi connectivity index (χ4n) is 2.56. The Morgan fingerprint density at radius 3 is 2.25 bits per heavy atom. The molecular formula is C22H20F4N2O3S. The van der Waals surface area contributed by atoms with Gasteiger partial charge in [0.05, 0.1) is 0 Å². The Morgan fingerprint density at radius 2 is 1.69 bits per heavy atom. The van der Waals surface area contributed by atoms with E-state index in [1.807, 2.05) is 18.2 Å². The Labute approximate surface area is 185 Å². The van der Waals surface area contributed by atoms with Crippen molar-refractivity contribution < 1.29 is 32.3 Å². The summed E-state index contributed by atoms with van der Waals surface area (Å²) in [7, 11) is 0. The molecule has 1 heterocycles. The van der Waals surface area contributed by atoms with Crippen LogP contribution in [0.25, 0.3) is 10.4 Å². The molecule has 170 valence electrons. The first kappa shape index (κ1) is 25.0. The molecule has 4 N–H and O–H groups in total. The minimum atomic E-state index is -5.08. The number of nitrogens with one attached hydrogen (secondary N) is 1. The molecule has 0 fully saturated rings. The van der Waals surface area contributed by atoms with Crippen molar-refractivity contribution in [1.29, 1.82) is 0 Å². The molecule has 0 aliphatic rings. The van der Waals surface area contributed by atoms with Crippen LogP contribution in [0.2, 0.25) is 0 Å². The van der Waals surface area contributed by atoms with Gasteiger partial charge in [-0.05, 0) is 60.5 Å². The highest BCUT2D eigenvalue weighted by atomic mass is 32.1. The van der Waals surface area contributed by atoms with Crippen molar-refractivity contribution in [1.82, 2.24) is 5.32 Å². The average molecular weight is 468 g/mol. The lowest BCUT2D eigenvalue weighted by atomic mass is 10.1. The largest absolute Gasteiger partial charge is 0.490 e. The Hall–Kier alpha value is -3.24. The van der Waals surface area contributed by atoms with E-state index in [1.165, 1.54) is 10.9 Å². The number of hydrogen-bond acceptors (Lipinski definition) is 4. The van der Waals surface area contributed by atoms with Crippen LogP contribution in [0.15, 0.2) is 60.7 Å². The minimum absolute atomic E-state index is 0.192. The Kier molecular flexibility index (Phi) is 8.91. The van der Waals surface area contributed by atoms with Crippen LogP contribution in [0, 0.1) is 5.82 Å². The third-order valence-electron chi connectivity index (χ3n) is 4.14. The molecule has 0 aliphatic carbocycles. The number of carboxylic acids is 1. The van der Waals surface area contributed by atoms with E-state index in [-0.39, 0.29) is 5.82 Å². The summed E-state index contributed by atoms with van der Waals surface area (Å²) in [6, 6.07) is 18.2. The fourth-order valence-corrected chi connectivity index (χ4v) is 3.55. The van der Waals surface area contributed by atoms with Gasteiger partial charge < -0.3 is 16.2 Å². The van der Waals surface area contributed by atoms with Crippen LogP contribution in [0.5, 0.6) is 0 Å². The molecule has 3 aromatic rings. The van der Waals surface area contributed by atoms with E-state index < -0.39 is 18.1 Å². The number of primary amides is 1. The molecule has 0 saturated carbocycles. The van der Waals surface area contributed by atoms with Crippen LogP contribution >= 0.6 is 11.3 Å². The van der Waals surface area contributed by atoms with Crippen LogP contribution in [-0.2, 0) is 17.8 Å². The number of hydrogen-bond donors (Lipinski definition) is 3. The van der Waals surface area contributed by atoms with Gasteiger partial charge >= 0.3 is 12.1 Å². The lowest BCUT2D eigenvalue weighted by molar-refractivity contribution is -0.192. The van der Waals surface area contributed by atoms with Gasteiger partial charge in [-0.3, -0.25) is 4.79 Å². The molecule has 1 amide bonds. The number of carbonyl (C=O) groups is 2. The number of halogens is 4. The number of carboxylic acid groups (broad SMARTS) is 1. The molecule has 32 heavy (non-hydrogen) atoms. The Bertz CT molecular complexity index is 1050. The molecule has 3 rings (SSSR count). The molecule has 5 nitrogen and oxygen atoms in total. The van der Waals surface area contributed by atoms with Crippen molar-refractivity contribution in [2.75, 3.05) is 6.54 Å². The van der Waals surface area contributed by atoms with Crippen molar-refractivity contribution in [3.05, 3.63) is 82.5 Å². The van der Waals surface area contributed by atoms with E-state index >= 15 is 0 Å². The van der Waals surface area contributed by atoms with Crippen molar-refractivity contribution in [3.63, 3.8) is 0 Å². The van der Waals surface area contributed by atoms with Crippen molar-refractivity contribution in [2.45, 2.75) is 19.1 Å². The van der Waals surface area contributed by atoms with Gasteiger partial charge in [-0.25, -0.2) is 9.18 Å². The summed E-state index contributed by atoms with van der Waals surface area (Å²) in [4.78, 5) is 22.4. The second-order valence-corrected chi connectivity index (χ2v) is 7.74. The van der Waals surface area contributed by atoms with E-state index in [4.69, 9.17) is 15.6 Å². The lowest BCUT2D eigenvalue weighted by Gasteiger charge is -2.04. The average Bonchev–Trinajstić information content (AvgIpc) is 3.20. The highest BCUT2D eigenvalue weighted by Crippen LogP contribution is 2.28. The monoisotopic (exact) mass is 468 g/mol. The van der Waals surface area contributed by atoms with Crippen molar-refractivity contribution in [3.8, 4) is 10.4 Å². The van der Waals surface area contributed by atoms with Crippen LogP contribution in [0.3, 0.4) is 0 Å². The molecular weight excluding hydrogens is 448 g/mol. The number of aliphatic carboxylic acids is 1. The molecule has 10 heteroatoms.